The second-order valence-electron chi connectivity index (χ2n) is 11.0. The van der Waals surface area contributed by atoms with Crippen LogP contribution in [0.1, 0.15) is 20.6 Å². The fourth-order valence-electron chi connectivity index (χ4n) is 5.93. The Morgan fingerprint density at radius 3 is 1.77 bits per heavy atom. The van der Waals surface area contributed by atoms with Crippen LogP contribution in [0, 0.1) is 0 Å². The van der Waals surface area contributed by atoms with E-state index in [2.05, 4.69) is 0 Å². The first-order valence-corrected chi connectivity index (χ1v) is 15.1. The van der Waals surface area contributed by atoms with Gasteiger partial charge in [-0.15, -0.1) is 0 Å². The summed E-state index contributed by atoms with van der Waals surface area (Å²) in [7, 11) is 0. The van der Waals surface area contributed by atoms with Crippen molar-refractivity contribution in [3.05, 3.63) is 188 Å². The molecule has 9 aromatic rings. The van der Waals surface area contributed by atoms with Gasteiger partial charge in [0.05, 0.1) is 31.6 Å². The van der Waals surface area contributed by atoms with Crippen molar-refractivity contribution in [2.24, 2.45) is 0 Å². The van der Waals surface area contributed by atoms with Crippen LogP contribution in [0.15, 0.2) is 192 Å². The number of hydrogen-bond acceptors (Lipinski definition) is 2. The summed E-state index contributed by atoms with van der Waals surface area (Å²) >= 11 is 0. The van der Waals surface area contributed by atoms with Gasteiger partial charge in [-0.3, -0.25) is 0 Å². The zero-order chi connectivity index (χ0) is 44.9. The first-order chi connectivity index (χ1) is 30.1. The van der Waals surface area contributed by atoms with Crippen molar-refractivity contribution in [3.63, 3.8) is 0 Å². The molecule has 0 saturated carbocycles. The van der Waals surface area contributed by atoms with Gasteiger partial charge in [0.25, 0.3) is 0 Å². The summed E-state index contributed by atoms with van der Waals surface area (Å²) in [5, 5.41) is 0.345. The summed E-state index contributed by atoms with van der Waals surface area (Å²) in [4.78, 5) is 1.58. The van der Waals surface area contributed by atoms with E-state index in [1.54, 1.807) is 41.3 Å². The Labute approximate surface area is 300 Å². The van der Waals surface area contributed by atoms with Crippen molar-refractivity contribution in [2.75, 3.05) is 4.90 Å². The van der Waals surface area contributed by atoms with E-state index in [0.717, 1.165) is 11.1 Å². The van der Waals surface area contributed by atoms with Crippen LogP contribution in [-0.2, 0) is 0 Å². The lowest BCUT2D eigenvalue weighted by Crippen LogP contribution is -2.10. The third-order valence-corrected chi connectivity index (χ3v) is 8.13. The lowest BCUT2D eigenvalue weighted by Gasteiger charge is -2.27. The van der Waals surface area contributed by atoms with Crippen LogP contribution in [0.5, 0.6) is 0 Å². The fraction of sp³-hybridized carbons (Fsp3) is 0. The highest BCUT2D eigenvalue weighted by atomic mass is 16.3. The Morgan fingerprint density at radius 2 is 1.04 bits per heavy atom. The predicted octanol–water partition coefficient (Wildman–Crippen LogP) is 13.2. The third kappa shape index (κ3) is 4.92. The summed E-state index contributed by atoms with van der Waals surface area (Å²) in [6.07, 6.45) is 0. The third-order valence-electron chi connectivity index (χ3n) is 8.13. The summed E-state index contributed by atoms with van der Waals surface area (Å²) in [6.45, 7) is 0. The fourth-order valence-corrected chi connectivity index (χ4v) is 5.93. The van der Waals surface area contributed by atoms with E-state index in [9.17, 15) is 8.22 Å². The molecule has 9 rings (SSSR count). The smallest absolute Gasteiger partial charge is 0.137 e. The van der Waals surface area contributed by atoms with E-state index >= 15 is 0 Å². The van der Waals surface area contributed by atoms with Gasteiger partial charge in [-0.05, 0) is 98.7 Å². The molecule has 2 nitrogen and oxygen atoms in total. The topological polar surface area (TPSA) is 16.4 Å². The lowest BCUT2D eigenvalue weighted by molar-refractivity contribution is 0.669. The zero-order valence-corrected chi connectivity index (χ0v) is 25.1. The van der Waals surface area contributed by atoms with E-state index in [-0.39, 0.29) is 5.69 Å². The predicted molar refractivity (Wildman–Crippen MR) is 202 cm³/mol. The van der Waals surface area contributed by atoms with Crippen molar-refractivity contribution in [2.45, 2.75) is 0 Å². The quantitative estimate of drug-likeness (QED) is 0.182. The maximum Gasteiger partial charge on any atom is 0.137 e. The van der Waals surface area contributed by atoms with Crippen LogP contribution >= 0.6 is 0 Å². The van der Waals surface area contributed by atoms with Gasteiger partial charge in [0.2, 0.25) is 0 Å². The molecule has 0 aliphatic heterocycles. The van der Waals surface area contributed by atoms with Crippen molar-refractivity contribution < 1.29 is 25.0 Å². The molecule has 0 saturated heterocycles. The monoisotopic (exact) mass is 628 g/mol. The minimum Gasteiger partial charge on any atom is -0.456 e. The van der Waals surface area contributed by atoms with Gasteiger partial charge in [-0.1, -0.05) is 133 Å². The summed E-state index contributed by atoms with van der Waals surface area (Å²) < 4.78 is 141. The van der Waals surface area contributed by atoms with Crippen molar-refractivity contribution in [3.8, 4) is 33.4 Å². The van der Waals surface area contributed by atoms with Crippen LogP contribution in [0.3, 0.4) is 0 Å². The average Bonchev–Trinajstić information content (AvgIpc) is 3.68. The van der Waals surface area contributed by atoms with E-state index in [1.807, 2.05) is 60.7 Å². The number of rotatable bonds is 6. The molecule has 0 unspecified atom stereocenters. The molecule has 0 amide bonds. The summed E-state index contributed by atoms with van der Waals surface area (Å²) in [5.74, 6) is 0. The molecule has 0 N–H and O–H groups in total. The van der Waals surface area contributed by atoms with Gasteiger partial charge >= 0.3 is 0 Å². The Bertz CT molecular complexity index is 3350. The van der Waals surface area contributed by atoms with E-state index in [0.29, 0.717) is 33.3 Å². The van der Waals surface area contributed by atoms with Gasteiger partial charge in [-0.25, -0.2) is 0 Å². The highest BCUT2D eigenvalue weighted by molar-refractivity contribution is 6.13. The normalized spacial score (nSPS) is 15.7. The Hall–Kier alpha value is -6.38. The maximum atomic E-state index is 9.70. The number of fused-ring (bicyclic) bond motifs is 4. The van der Waals surface area contributed by atoms with Crippen LogP contribution in [-0.4, -0.2) is 0 Å². The highest BCUT2D eigenvalue weighted by Crippen LogP contribution is 2.44. The molecule has 0 bridgehead atoms. The van der Waals surface area contributed by atoms with Crippen molar-refractivity contribution in [1.29, 1.82) is 0 Å². The van der Waals surface area contributed by atoms with Crippen molar-refractivity contribution in [1.82, 2.24) is 0 Å². The molecule has 1 aromatic heterocycles. The summed E-state index contributed by atoms with van der Waals surface area (Å²) in [5.41, 5.74) is 1.13. The van der Waals surface area contributed by atoms with Gasteiger partial charge in [0.1, 0.15) is 11.2 Å². The molecule has 0 radical (unpaired) electrons. The largest absolute Gasteiger partial charge is 0.456 e. The number of nitrogens with zero attached hydrogens (tertiary/aromatic N) is 1. The van der Waals surface area contributed by atoms with Gasteiger partial charge < -0.3 is 9.32 Å². The Kier molecular flexibility index (Phi) is 4.03. The molecule has 1 heterocycles. The standard InChI is InChI=1S/C46H31NO/c1-3-12-32(13-4-1)33-22-26-38(27-23-33)47(43-19-11-21-45-46(43)40-18-9-10-20-44(40)48-45)39-28-24-35(25-29-39)42-31-37-17-8-7-16-36(37)30-41(42)34-14-5-2-6-15-34/h1-31H/i2D,5D,6D,7D,8D,14D,15D,16D,17D,24D,25D,28D,29D,30D,31D. The SMILES string of the molecule is [2H]c1c([2H])c([2H])c(-c2c(-c3c([2H])c([2H])c(N(c4ccc(-c5ccccc5)cc4)c4cccc5oc6ccccc6c45)c([2H])c3[2H])c([2H])c3c([2H])c([2H])c([2H])c([2H])c3c2[2H])c([2H])c1[2H]. The number of hydrogen-bond donors (Lipinski definition) is 0. The van der Waals surface area contributed by atoms with Gasteiger partial charge in [-0.2, -0.15) is 0 Å². The molecule has 0 atom stereocenters. The van der Waals surface area contributed by atoms with Gasteiger partial charge in [0, 0.05) is 16.8 Å². The lowest BCUT2D eigenvalue weighted by atomic mass is 9.91. The Balaban J connectivity index is 1.40. The highest BCUT2D eigenvalue weighted by Gasteiger charge is 2.20. The number of benzene rings is 8. The van der Waals surface area contributed by atoms with Crippen LogP contribution in [0.2, 0.25) is 0 Å². The molecular weight excluding hydrogens is 583 g/mol. The van der Waals surface area contributed by atoms with Gasteiger partial charge in [0.15, 0.2) is 0 Å². The molecule has 0 aliphatic rings. The number of anilines is 3. The minimum atomic E-state index is -0.812. The number of para-hydroxylation sites is 1. The first-order valence-electron chi connectivity index (χ1n) is 22.6. The minimum absolute atomic E-state index is 0.219. The van der Waals surface area contributed by atoms with E-state index < -0.39 is 124 Å². The molecule has 0 fully saturated rings. The number of furan rings is 1. The maximum absolute atomic E-state index is 9.70. The van der Waals surface area contributed by atoms with Crippen LogP contribution in [0.4, 0.5) is 17.1 Å². The van der Waals surface area contributed by atoms with Crippen molar-refractivity contribution >= 4 is 49.8 Å². The van der Waals surface area contributed by atoms with E-state index in [1.165, 1.54) is 0 Å². The summed E-state index contributed by atoms with van der Waals surface area (Å²) in [6, 6.07) is 18.4. The first kappa shape index (κ1) is 16.4. The van der Waals surface area contributed by atoms with Crippen LogP contribution in [0.25, 0.3) is 66.1 Å². The molecule has 0 aliphatic carbocycles. The molecule has 226 valence electrons. The average molecular weight is 629 g/mol. The molecule has 48 heavy (non-hydrogen) atoms. The Morgan fingerprint density at radius 1 is 0.438 bits per heavy atom. The van der Waals surface area contributed by atoms with Crippen LogP contribution < -0.4 is 4.90 Å². The zero-order valence-electron chi connectivity index (χ0n) is 40.1. The molecule has 8 aromatic carbocycles. The second kappa shape index (κ2) is 11.8. The molecular formula is C46H31NO. The molecule has 0 spiro atoms. The second-order valence-corrected chi connectivity index (χ2v) is 11.0. The van der Waals surface area contributed by atoms with E-state index in [4.69, 9.17) is 16.8 Å². The molecule has 2 heteroatoms.